The fourth-order valence-corrected chi connectivity index (χ4v) is 3.34. The van der Waals surface area contributed by atoms with E-state index in [-0.39, 0.29) is 0 Å². The maximum absolute atomic E-state index is 3.50. The van der Waals surface area contributed by atoms with Gasteiger partial charge in [-0.25, -0.2) is 4.98 Å². The summed E-state index contributed by atoms with van der Waals surface area (Å²) in [5.74, 6) is 0. The first-order valence-corrected chi connectivity index (χ1v) is 7.21. The Balaban J connectivity index is 2.13. The van der Waals surface area contributed by atoms with Gasteiger partial charge in [0.05, 0.1) is 10.3 Å². The second-order valence-electron chi connectivity index (χ2n) is 4.66. The molecule has 0 unspecified atom stereocenters. The summed E-state index contributed by atoms with van der Waals surface area (Å²) < 4.78 is 0. The van der Waals surface area contributed by atoms with E-state index in [2.05, 4.69) is 73.4 Å². The summed E-state index contributed by atoms with van der Waals surface area (Å²) in [4.78, 5) is 6.10. The van der Waals surface area contributed by atoms with E-state index in [0.29, 0.717) is 0 Å². The number of pyridine rings is 1. The third-order valence-corrected chi connectivity index (χ3v) is 4.62. The van der Waals surface area contributed by atoms with Gasteiger partial charge in [-0.05, 0) is 30.7 Å². The lowest BCUT2D eigenvalue weighted by atomic mass is 10.1. The van der Waals surface area contributed by atoms with Gasteiger partial charge >= 0.3 is 0 Å². The fourth-order valence-electron chi connectivity index (χ4n) is 2.34. The first-order valence-electron chi connectivity index (χ1n) is 6.40. The molecule has 0 aliphatic carbocycles. The number of rotatable bonds is 2. The molecule has 0 atom stereocenters. The summed E-state index contributed by atoms with van der Waals surface area (Å²) >= 11 is 1.82. The van der Waals surface area contributed by atoms with Crippen molar-refractivity contribution in [3.63, 3.8) is 0 Å². The zero-order valence-corrected chi connectivity index (χ0v) is 11.9. The number of benzene rings is 2. The number of para-hydroxylation sites is 1. The molecule has 0 amide bonds. The van der Waals surface area contributed by atoms with Gasteiger partial charge in [-0.3, -0.25) is 0 Å². The van der Waals surface area contributed by atoms with Crippen molar-refractivity contribution >= 4 is 22.7 Å². The number of aromatic amines is 1. The number of aromatic nitrogens is 1. The monoisotopic (exact) mass is 266 g/mol. The molecule has 0 aliphatic heterocycles. The van der Waals surface area contributed by atoms with E-state index in [1.165, 1.54) is 32.0 Å². The second kappa shape index (κ2) is 5.06. The minimum atomic E-state index is 1.20. The molecular weight excluding hydrogens is 250 g/mol. The molecule has 0 bridgehead atoms. The molecule has 3 rings (SSSR count). The van der Waals surface area contributed by atoms with Gasteiger partial charge in [-0.2, -0.15) is 0 Å². The predicted octanol–water partition coefficient (Wildman–Crippen LogP) is 4.42. The molecule has 0 radical (unpaired) electrons. The van der Waals surface area contributed by atoms with Crippen molar-refractivity contribution < 1.29 is 4.98 Å². The number of fused-ring (bicyclic) bond motifs is 1. The van der Waals surface area contributed by atoms with Crippen LogP contribution >= 0.6 is 11.8 Å². The topological polar surface area (TPSA) is 14.1 Å². The summed E-state index contributed by atoms with van der Waals surface area (Å²) in [6.45, 7) is 4.35. The Morgan fingerprint density at radius 1 is 0.842 bits per heavy atom. The van der Waals surface area contributed by atoms with Crippen molar-refractivity contribution in [1.29, 1.82) is 0 Å². The van der Waals surface area contributed by atoms with Crippen LogP contribution in [-0.2, 0) is 0 Å². The van der Waals surface area contributed by atoms with Crippen LogP contribution in [0.4, 0.5) is 0 Å². The summed E-state index contributed by atoms with van der Waals surface area (Å²) in [6.07, 6.45) is 0. The second-order valence-corrected chi connectivity index (χ2v) is 5.75. The zero-order chi connectivity index (χ0) is 13.2. The fraction of sp³-hybridized carbons (Fsp3) is 0.118. The molecule has 2 heteroatoms. The van der Waals surface area contributed by atoms with Crippen LogP contribution in [0.5, 0.6) is 0 Å². The largest absolute Gasteiger partial charge is 0.211 e. The van der Waals surface area contributed by atoms with Crippen molar-refractivity contribution in [2.24, 2.45) is 0 Å². The smallest absolute Gasteiger partial charge is 0.208 e. The van der Waals surface area contributed by atoms with Crippen LogP contribution in [0.3, 0.4) is 0 Å². The van der Waals surface area contributed by atoms with Crippen LogP contribution < -0.4 is 4.98 Å². The molecule has 0 saturated heterocycles. The minimum Gasteiger partial charge on any atom is -0.208 e. The molecule has 1 aromatic heterocycles. The van der Waals surface area contributed by atoms with Gasteiger partial charge in [0.1, 0.15) is 0 Å². The highest BCUT2D eigenvalue weighted by atomic mass is 32.2. The van der Waals surface area contributed by atoms with Gasteiger partial charge in [0.15, 0.2) is 5.69 Å². The summed E-state index contributed by atoms with van der Waals surface area (Å²) in [5, 5.41) is 1.30. The Hall–Kier alpha value is -1.80. The number of aryl methyl sites for hydroxylation is 2. The summed E-state index contributed by atoms with van der Waals surface area (Å²) in [5.41, 5.74) is 3.78. The highest BCUT2D eigenvalue weighted by Crippen LogP contribution is 2.33. The molecule has 1 heterocycles. The molecule has 0 fully saturated rings. The first kappa shape index (κ1) is 12.2. The lowest BCUT2D eigenvalue weighted by molar-refractivity contribution is -0.358. The lowest BCUT2D eigenvalue weighted by Crippen LogP contribution is -2.11. The van der Waals surface area contributed by atoms with E-state index >= 15 is 0 Å². The molecule has 1 nitrogen and oxygen atoms in total. The Bertz CT molecular complexity index is 720. The van der Waals surface area contributed by atoms with E-state index in [4.69, 9.17) is 0 Å². The lowest BCUT2D eigenvalue weighted by Gasteiger charge is -2.07. The molecule has 0 spiro atoms. The van der Waals surface area contributed by atoms with Crippen molar-refractivity contribution in [1.82, 2.24) is 0 Å². The third kappa shape index (κ3) is 2.36. The van der Waals surface area contributed by atoms with Crippen LogP contribution in [0, 0.1) is 13.8 Å². The van der Waals surface area contributed by atoms with Gasteiger partial charge < -0.3 is 0 Å². The Kier molecular flexibility index (Phi) is 3.26. The molecule has 0 aliphatic rings. The van der Waals surface area contributed by atoms with Crippen molar-refractivity contribution in [3.05, 3.63) is 65.9 Å². The van der Waals surface area contributed by atoms with Crippen molar-refractivity contribution in [2.45, 2.75) is 23.6 Å². The van der Waals surface area contributed by atoms with Gasteiger partial charge in [-0.15, -0.1) is 0 Å². The molecule has 0 saturated carbocycles. The van der Waals surface area contributed by atoms with E-state index in [1.54, 1.807) is 0 Å². The normalized spacial score (nSPS) is 10.8. The van der Waals surface area contributed by atoms with E-state index in [0.717, 1.165) is 0 Å². The van der Waals surface area contributed by atoms with Crippen LogP contribution in [-0.4, -0.2) is 0 Å². The molecule has 3 aromatic rings. The van der Waals surface area contributed by atoms with Crippen molar-refractivity contribution in [2.75, 3.05) is 0 Å². The van der Waals surface area contributed by atoms with E-state index in [1.807, 2.05) is 11.8 Å². The average molecular weight is 266 g/mol. The maximum atomic E-state index is 3.50. The highest BCUT2D eigenvalue weighted by molar-refractivity contribution is 7.99. The molecule has 19 heavy (non-hydrogen) atoms. The van der Waals surface area contributed by atoms with Gasteiger partial charge in [-0.1, -0.05) is 42.1 Å². The van der Waals surface area contributed by atoms with Gasteiger partial charge in [0, 0.05) is 17.9 Å². The molecule has 94 valence electrons. The van der Waals surface area contributed by atoms with Crippen LogP contribution in [0.15, 0.2) is 64.4 Å². The van der Waals surface area contributed by atoms with Gasteiger partial charge in [0.2, 0.25) is 5.52 Å². The van der Waals surface area contributed by atoms with Crippen molar-refractivity contribution in [3.8, 4) is 0 Å². The van der Waals surface area contributed by atoms with E-state index < -0.39 is 0 Å². The molecule has 1 N–H and O–H groups in total. The number of nitrogens with one attached hydrogen (secondary N) is 1. The number of hydrogen-bond donors (Lipinski definition) is 0. The summed E-state index contributed by atoms with van der Waals surface area (Å²) in [7, 11) is 0. The predicted molar refractivity (Wildman–Crippen MR) is 80.5 cm³/mol. The standard InChI is InChI=1S/C17H15NS/c1-12-15-10-6-7-11-16(15)18-13(2)17(12)19-14-8-4-3-5-9-14/h3-11H,1-2H3/p+1. The zero-order valence-electron chi connectivity index (χ0n) is 11.1. The maximum Gasteiger partial charge on any atom is 0.211 e. The first-order chi connectivity index (χ1) is 9.25. The minimum absolute atomic E-state index is 1.20. The van der Waals surface area contributed by atoms with E-state index in [9.17, 15) is 0 Å². The van der Waals surface area contributed by atoms with Crippen LogP contribution in [0.2, 0.25) is 0 Å². The molecule has 2 aromatic carbocycles. The Labute approximate surface area is 117 Å². The quantitative estimate of drug-likeness (QED) is 0.669. The van der Waals surface area contributed by atoms with Crippen LogP contribution in [0.1, 0.15) is 11.3 Å². The average Bonchev–Trinajstić information content (AvgIpc) is 2.45. The third-order valence-electron chi connectivity index (χ3n) is 3.30. The SMILES string of the molecule is Cc1[nH+]c2ccccc2c(C)c1Sc1ccccc1. The van der Waals surface area contributed by atoms with Gasteiger partial charge in [0.25, 0.3) is 0 Å². The number of hydrogen-bond acceptors (Lipinski definition) is 1. The Morgan fingerprint density at radius 2 is 1.53 bits per heavy atom. The Morgan fingerprint density at radius 3 is 2.32 bits per heavy atom. The highest BCUT2D eigenvalue weighted by Gasteiger charge is 2.15. The number of H-pyrrole nitrogens is 1. The van der Waals surface area contributed by atoms with Crippen LogP contribution in [0.25, 0.3) is 10.9 Å². The summed E-state index contributed by atoms with van der Waals surface area (Å²) in [6, 6.07) is 19.0. The molecular formula is C17H16NS+.